The third-order valence-corrected chi connectivity index (χ3v) is 11.4. The molecule has 30 heavy (non-hydrogen) atoms. The van der Waals surface area contributed by atoms with Gasteiger partial charge in [0.1, 0.15) is 20.4 Å². The van der Waals surface area contributed by atoms with Crippen molar-refractivity contribution in [2.75, 3.05) is 27.2 Å². The van der Waals surface area contributed by atoms with Crippen LogP contribution in [0.4, 0.5) is 0 Å². The van der Waals surface area contributed by atoms with E-state index in [-0.39, 0.29) is 20.4 Å². The van der Waals surface area contributed by atoms with Gasteiger partial charge in [-0.05, 0) is 52.4 Å². The van der Waals surface area contributed by atoms with E-state index in [9.17, 15) is 0 Å². The van der Waals surface area contributed by atoms with Crippen LogP contribution in [0.15, 0.2) is 49.1 Å². The van der Waals surface area contributed by atoms with E-state index in [4.69, 9.17) is 27.2 Å². The molecule has 0 bridgehead atoms. The summed E-state index contributed by atoms with van der Waals surface area (Å²) in [4.78, 5) is 0. The molecule has 176 valence electrons. The minimum atomic E-state index is -1.74. The molecule has 0 spiro atoms. The standard InChI is InChI=1S/C11H24O4Si2.C9H20O2Si2/c1-7-16(3,4)14-10-12-9-13-11-15-17(5,6)8-2;1-7-12(3,4)10-9-11-13(5,6)8-2/h7-8H,1-2,9-11H2,3-6H3;7-8H,1-2,9H2,3-6H3. The quantitative estimate of drug-likeness (QED) is 0.158. The number of hydrogen-bond acceptors (Lipinski definition) is 6. The first-order chi connectivity index (χ1) is 13.7. The van der Waals surface area contributed by atoms with Crippen molar-refractivity contribution in [2.45, 2.75) is 52.4 Å². The fourth-order valence-electron chi connectivity index (χ4n) is 1.08. The van der Waals surface area contributed by atoms with Crippen LogP contribution in [0, 0.1) is 0 Å². The second kappa shape index (κ2) is 15.4. The Morgan fingerprint density at radius 1 is 0.433 bits per heavy atom. The van der Waals surface area contributed by atoms with Gasteiger partial charge in [0.2, 0.25) is 33.3 Å². The molecule has 0 atom stereocenters. The Hall–Kier alpha value is -0.412. The Morgan fingerprint density at radius 2 is 0.667 bits per heavy atom. The lowest BCUT2D eigenvalue weighted by Gasteiger charge is -2.23. The molecule has 0 heterocycles. The summed E-state index contributed by atoms with van der Waals surface area (Å²) in [5.74, 6) is 0. The van der Waals surface area contributed by atoms with Crippen molar-refractivity contribution in [1.82, 2.24) is 0 Å². The third kappa shape index (κ3) is 19.5. The monoisotopic (exact) mass is 492 g/mol. The van der Waals surface area contributed by atoms with Gasteiger partial charge >= 0.3 is 0 Å². The Labute approximate surface area is 189 Å². The molecule has 0 unspecified atom stereocenters. The Kier molecular flexibility index (Phi) is 16.3. The van der Waals surface area contributed by atoms with E-state index in [2.05, 4.69) is 52.5 Å². The second-order valence-corrected chi connectivity index (χ2v) is 24.3. The van der Waals surface area contributed by atoms with Crippen LogP contribution in [-0.4, -0.2) is 60.4 Å². The molecule has 0 fully saturated rings. The van der Waals surface area contributed by atoms with E-state index in [1.807, 2.05) is 49.0 Å². The van der Waals surface area contributed by atoms with Crippen LogP contribution in [0.5, 0.6) is 0 Å². The SMILES string of the molecule is C=C[Si](C)(C)OCOCOCO[Si](C)(C)C=C.C=C[Si](C)(C)OCO[Si](C)(C)C=C. The van der Waals surface area contributed by atoms with Crippen molar-refractivity contribution in [1.29, 1.82) is 0 Å². The first kappa shape index (κ1) is 31.8. The van der Waals surface area contributed by atoms with Gasteiger partial charge in [0, 0.05) is 0 Å². The zero-order valence-corrected chi connectivity index (χ0v) is 24.4. The molecule has 10 heteroatoms. The summed E-state index contributed by atoms with van der Waals surface area (Å²) in [6.07, 6.45) is 0. The van der Waals surface area contributed by atoms with E-state index in [1.165, 1.54) is 0 Å². The summed E-state index contributed by atoms with van der Waals surface area (Å²) in [6.45, 7) is 32.5. The van der Waals surface area contributed by atoms with E-state index >= 15 is 0 Å². The summed E-state index contributed by atoms with van der Waals surface area (Å²) in [6, 6.07) is 0. The summed E-state index contributed by atoms with van der Waals surface area (Å²) in [5.41, 5.74) is 7.52. The van der Waals surface area contributed by atoms with E-state index in [1.54, 1.807) is 0 Å². The number of rotatable bonds is 16. The van der Waals surface area contributed by atoms with Crippen LogP contribution in [0.25, 0.3) is 0 Å². The highest BCUT2D eigenvalue weighted by atomic mass is 28.4. The zero-order chi connectivity index (χ0) is 23.9. The van der Waals surface area contributed by atoms with Gasteiger partial charge < -0.3 is 27.2 Å². The Balaban J connectivity index is 0. The molecule has 0 aromatic carbocycles. The Bertz CT molecular complexity index is 477. The predicted octanol–water partition coefficient (Wildman–Crippen LogP) is 5.62. The van der Waals surface area contributed by atoms with Gasteiger partial charge in [-0.1, -0.05) is 22.8 Å². The van der Waals surface area contributed by atoms with Crippen LogP contribution in [0.3, 0.4) is 0 Å². The molecule has 0 radical (unpaired) electrons. The lowest BCUT2D eigenvalue weighted by molar-refractivity contribution is -0.133. The van der Waals surface area contributed by atoms with Crippen molar-refractivity contribution >= 4 is 33.3 Å². The third-order valence-electron chi connectivity index (χ3n) is 4.02. The molecular formula is C20H44O6Si4. The van der Waals surface area contributed by atoms with Gasteiger partial charge in [-0.2, -0.15) is 0 Å². The predicted molar refractivity (Wildman–Crippen MR) is 137 cm³/mol. The van der Waals surface area contributed by atoms with Gasteiger partial charge in [0.15, 0.2) is 6.79 Å². The first-order valence-electron chi connectivity index (χ1n) is 9.91. The summed E-state index contributed by atoms with van der Waals surface area (Å²) < 4.78 is 32.6. The van der Waals surface area contributed by atoms with Crippen LogP contribution in [-0.2, 0) is 27.2 Å². The average molecular weight is 493 g/mol. The van der Waals surface area contributed by atoms with E-state index in [0.29, 0.717) is 6.79 Å². The highest BCUT2D eigenvalue weighted by Gasteiger charge is 2.21. The van der Waals surface area contributed by atoms with Gasteiger partial charge in [-0.3, -0.25) is 0 Å². The molecule has 0 aliphatic rings. The number of ether oxygens (including phenoxy) is 2. The maximum Gasteiger partial charge on any atom is 0.213 e. The van der Waals surface area contributed by atoms with Crippen LogP contribution in [0.1, 0.15) is 0 Å². The minimum absolute atomic E-state index is 0.170. The highest BCUT2D eigenvalue weighted by molar-refractivity contribution is 6.77. The van der Waals surface area contributed by atoms with Crippen molar-refractivity contribution < 1.29 is 27.2 Å². The molecule has 0 aliphatic carbocycles. The molecule has 0 aromatic heterocycles. The second-order valence-electron chi connectivity index (χ2n) is 8.69. The minimum Gasteiger partial charge on any atom is -0.392 e. The normalized spacial score (nSPS) is 12.5. The van der Waals surface area contributed by atoms with Gasteiger partial charge in [0.05, 0.1) is 0 Å². The van der Waals surface area contributed by atoms with Gasteiger partial charge in [0.25, 0.3) is 0 Å². The van der Waals surface area contributed by atoms with Crippen molar-refractivity contribution in [3.8, 4) is 0 Å². The van der Waals surface area contributed by atoms with Crippen molar-refractivity contribution in [3.05, 3.63) is 49.1 Å². The zero-order valence-electron chi connectivity index (χ0n) is 20.4. The summed E-state index contributed by atoms with van der Waals surface area (Å²) in [7, 11) is -6.80. The largest absolute Gasteiger partial charge is 0.392 e. The topological polar surface area (TPSA) is 55.4 Å². The molecule has 0 saturated carbocycles. The number of hydrogen-bond donors (Lipinski definition) is 0. The fraction of sp³-hybridized carbons (Fsp3) is 0.600. The molecule has 6 nitrogen and oxygen atoms in total. The molecule has 0 aliphatic heterocycles. The summed E-state index contributed by atoms with van der Waals surface area (Å²) >= 11 is 0. The van der Waals surface area contributed by atoms with Gasteiger partial charge in [-0.25, -0.2) is 0 Å². The molecule has 0 aromatic rings. The van der Waals surface area contributed by atoms with Gasteiger partial charge in [-0.15, -0.1) is 26.3 Å². The maximum absolute atomic E-state index is 5.60. The average Bonchev–Trinajstić information content (AvgIpc) is 2.67. The lowest BCUT2D eigenvalue weighted by Crippen LogP contribution is -2.34. The summed E-state index contributed by atoms with van der Waals surface area (Å²) in [5, 5.41) is 0. The van der Waals surface area contributed by atoms with Crippen LogP contribution >= 0.6 is 0 Å². The smallest absolute Gasteiger partial charge is 0.213 e. The first-order valence-corrected chi connectivity index (χ1v) is 21.9. The maximum atomic E-state index is 5.60. The molecular weight excluding hydrogens is 449 g/mol. The van der Waals surface area contributed by atoms with Crippen LogP contribution in [0.2, 0.25) is 52.4 Å². The van der Waals surface area contributed by atoms with E-state index < -0.39 is 33.3 Å². The molecule has 0 saturated heterocycles. The Morgan fingerprint density at radius 3 is 0.900 bits per heavy atom. The van der Waals surface area contributed by atoms with Crippen LogP contribution < -0.4 is 0 Å². The van der Waals surface area contributed by atoms with E-state index in [0.717, 1.165) is 0 Å². The lowest BCUT2D eigenvalue weighted by atomic mass is 11.3. The molecule has 0 amide bonds. The highest BCUT2D eigenvalue weighted by Crippen LogP contribution is 2.09. The van der Waals surface area contributed by atoms with Crippen molar-refractivity contribution in [3.63, 3.8) is 0 Å². The molecule has 0 rings (SSSR count). The van der Waals surface area contributed by atoms with Crippen molar-refractivity contribution in [2.24, 2.45) is 0 Å². The molecule has 0 N–H and O–H groups in total. The fourth-order valence-corrected chi connectivity index (χ4v) is 3.17.